The predicted molar refractivity (Wildman–Crippen MR) is 125 cm³/mol. The molecule has 0 radical (unpaired) electrons. The van der Waals surface area contributed by atoms with Gasteiger partial charge in [-0.15, -0.1) is 0 Å². The van der Waals surface area contributed by atoms with Gasteiger partial charge < -0.3 is 10.0 Å². The van der Waals surface area contributed by atoms with Crippen LogP contribution in [0.3, 0.4) is 0 Å². The topological polar surface area (TPSA) is 114 Å². The second-order valence-electron chi connectivity index (χ2n) is 8.23. The summed E-state index contributed by atoms with van der Waals surface area (Å²) in [6, 6.07) is 20.3. The van der Waals surface area contributed by atoms with E-state index >= 15 is 0 Å². The van der Waals surface area contributed by atoms with Gasteiger partial charge in [-0.2, -0.15) is 0 Å². The minimum Gasteiger partial charge on any atom is -0.372 e. The van der Waals surface area contributed by atoms with E-state index in [4.69, 9.17) is 5.14 Å². The van der Waals surface area contributed by atoms with Crippen molar-refractivity contribution >= 4 is 32.5 Å². The van der Waals surface area contributed by atoms with Gasteiger partial charge in [-0.25, -0.2) is 13.6 Å². The van der Waals surface area contributed by atoms with Crippen LogP contribution in [0.2, 0.25) is 0 Å². The minimum atomic E-state index is -3.89. The molecule has 1 aliphatic rings. The summed E-state index contributed by atoms with van der Waals surface area (Å²) in [5.74, 6) is -0.505. The van der Waals surface area contributed by atoms with Gasteiger partial charge in [0.05, 0.1) is 22.6 Å². The molecule has 1 unspecified atom stereocenters. The Hall–Kier alpha value is -3.59. The maximum Gasteiger partial charge on any atom is 0.268 e. The van der Waals surface area contributed by atoms with E-state index in [1.165, 1.54) is 24.3 Å². The molecule has 1 aromatic heterocycles. The fourth-order valence-electron chi connectivity index (χ4n) is 4.33. The van der Waals surface area contributed by atoms with Crippen LogP contribution in [0.25, 0.3) is 10.9 Å². The summed E-state index contributed by atoms with van der Waals surface area (Å²) in [4.78, 5) is 19.5. The molecule has 5 rings (SSSR count). The number of carbonyl (C=O) groups is 1. The number of pyridine rings is 1. The van der Waals surface area contributed by atoms with Crippen LogP contribution in [0.1, 0.15) is 22.3 Å². The lowest BCUT2D eigenvalue weighted by Crippen LogP contribution is -2.40. The Kier molecular flexibility index (Phi) is 4.82. The van der Waals surface area contributed by atoms with Gasteiger partial charge in [0, 0.05) is 17.1 Å². The molecule has 0 saturated carbocycles. The summed E-state index contributed by atoms with van der Waals surface area (Å²) < 4.78 is 23.2. The maximum atomic E-state index is 13.6. The Morgan fingerprint density at radius 3 is 2.48 bits per heavy atom. The normalized spacial score (nSPS) is 18.0. The van der Waals surface area contributed by atoms with Gasteiger partial charge in [0.15, 0.2) is 5.60 Å². The Labute approximate surface area is 191 Å². The van der Waals surface area contributed by atoms with Crippen molar-refractivity contribution < 1.29 is 18.3 Å². The lowest BCUT2D eigenvalue weighted by molar-refractivity contribution is -0.132. The number of anilines is 1. The zero-order valence-electron chi connectivity index (χ0n) is 17.8. The Morgan fingerprint density at radius 2 is 1.76 bits per heavy atom. The molecular weight excluding hydrogens is 438 g/mol. The van der Waals surface area contributed by atoms with Crippen LogP contribution in [-0.4, -0.2) is 24.4 Å². The van der Waals surface area contributed by atoms with E-state index in [1.807, 2.05) is 43.5 Å². The van der Waals surface area contributed by atoms with Gasteiger partial charge >= 0.3 is 0 Å². The van der Waals surface area contributed by atoms with Gasteiger partial charge in [0.1, 0.15) is 0 Å². The van der Waals surface area contributed by atoms with Crippen molar-refractivity contribution in [3.63, 3.8) is 0 Å². The molecule has 0 fully saturated rings. The molecule has 1 atom stereocenters. The molecule has 0 aliphatic carbocycles. The highest BCUT2D eigenvalue weighted by atomic mass is 32.2. The number of nitrogens with two attached hydrogens (primary N) is 1. The molecule has 2 heterocycles. The number of sulfonamides is 1. The van der Waals surface area contributed by atoms with Crippen molar-refractivity contribution in [2.75, 3.05) is 4.90 Å². The number of hydrogen-bond acceptors (Lipinski definition) is 5. The van der Waals surface area contributed by atoms with Crippen LogP contribution in [0.4, 0.5) is 5.69 Å². The van der Waals surface area contributed by atoms with E-state index in [1.54, 1.807) is 23.1 Å². The van der Waals surface area contributed by atoms with Gasteiger partial charge in [-0.05, 0) is 60.0 Å². The fraction of sp³-hybridized carbons (Fsp3) is 0.120. The van der Waals surface area contributed by atoms with Crippen LogP contribution in [0.5, 0.6) is 0 Å². The summed E-state index contributed by atoms with van der Waals surface area (Å²) in [7, 11) is -3.89. The lowest BCUT2D eigenvalue weighted by atomic mass is 9.87. The van der Waals surface area contributed by atoms with E-state index in [-0.39, 0.29) is 17.0 Å². The van der Waals surface area contributed by atoms with Crippen molar-refractivity contribution in [2.24, 2.45) is 5.14 Å². The molecule has 166 valence electrons. The number of aryl methyl sites for hydroxylation is 1. The predicted octanol–water partition coefficient (Wildman–Crippen LogP) is 2.97. The van der Waals surface area contributed by atoms with Crippen LogP contribution in [-0.2, 0) is 27.0 Å². The number of hydrogen-bond donors (Lipinski definition) is 2. The highest BCUT2D eigenvalue weighted by Crippen LogP contribution is 2.45. The summed E-state index contributed by atoms with van der Waals surface area (Å²) >= 11 is 0. The van der Waals surface area contributed by atoms with Crippen LogP contribution in [0.15, 0.2) is 83.9 Å². The first-order valence-electron chi connectivity index (χ1n) is 10.3. The Balaban J connectivity index is 1.56. The number of amides is 1. The third-order valence-corrected chi connectivity index (χ3v) is 6.89. The SMILES string of the molecule is Cc1cnc2ccc(CN3C(=O)C(O)(c4ccc(S(N)(=O)=O)cc4)c4ccccc43)cc2c1. The van der Waals surface area contributed by atoms with Gasteiger partial charge in [0.2, 0.25) is 10.0 Å². The van der Waals surface area contributed by atoms with E-state index in [9.17, 15) is 18.3 Å². The summed E-state index contributed by atoms with van der Waals surface area (Å²) in [5.41, 5.74) is 2.17. The largest absolute Gasteiger partial charge is 0.372 e. The molecular formula is C25H21N3O4S. The molecule has 33 heavy (non-hydrogen) atoms. The zero-order valence-corrected chi connectivity index (χ0v) is 18.6. The molecule has 0 saturated heterocycles. The number of rotatable bonds is 4. The molecule has 7 nitrogen and oxygen atoms in total. The first-order valence-corrected chi connectivity index (χ1v) is 11.8. The minimum absolute atomic E-state index is 0.0921. The molecule has 1 aliphatic heterocycles. The Bertz CT molecular complexity index is 1520. The van der Waals surface area contributed by atoms with Gasteiger partial charge in [-0.3, -0.25) is 9.78 Å². The number of primary sulfonamides is 1. The number of fused-ring (bicyclic) bond motifs is 2. The number of para-hydroxylation sites is 1. The molecule has 0 spiro atoms. The zero-order chi connectivity index (χ0) is 23.4. The number of nitrogens with zero attached hydrogens (tertiary/aromatic N) is 2. The number of aromatic nitrogens is 1. The standard InChI is InChI=1S/C25H21N3O4S/c1-16-12-18-13-17(6-11-22(18)27-14-16)15-28-23-5-3-2-4-21(23)25(30,24(28)29)19-7-9-20(10-8-19)33(26,31)32/h2-14,30H,15H2,1H3,(H2,26,31,32). The maximum absolute atomic E-state index is 13.6. The van der Waals surface area contributed by atoms with Crippen molar-refractivity contribution in [1.29, 1.82) is 0 Å². The van der Waals surface area contributed by atoms with Gasteiger partial charge in [-0.1, -0.05) is 36.4 Å². The lowest BCUT2D eigenvalue weighted by Gasteiger charge is -2.24. The highest BCUT2D eigenvalue weighted by molar-refractivity contribution is 7.89. The third-order valence-electron chi connectivity index (χ3n) is 5.96. The first-order chi connectivity index (χ1) is 15.7. The average molecular weight is 460 g/mol. The molecule has 8 heteroatoms. The van der Waals surface area contributed by atoms with Crippen molar-refractivity contribution in [1.82, 2.24) is 4.98 Å². The monoisotopic (exact) mass is 459 g/mol. The highest BCUT2D eigenvalue weighted by Gasteiger charge is 2.50. The molecule has 0 bridgehead atoms. The molecule has 4 aromatic rings. The first kappa shape index (κ1) is 21.3. The summed E-state index contributed by atoms with van der Waals surface area (Å²) in [6.07, 6.45) is 1.81. The number of benzene rings is 3. The van der Waals surface area contributed by atoms with Crippen molar-refractivity contribution in [3.8, 4) is 0 Å². The van der Waals surface area contributed by atoms with E-state index < -0.39 is 21.5 Å². The van der Waals surface area contributed by atoms with Crippen LogP contribution < -0.4 is 10.0 Å². The molecule has 1 amide bonds. The average Bonchev–Trinajstić information content (AvgIpc) is 3.01. The van der Waals surface area contributed by atoms with Crippen LogP contribution >= 0.6 is 0 Å². The smallest absolute Gasteiger partial charge is 0.268 e. The number of aliphatic hydroxyl groups is 1. The van der Waals surface area contributed by atoms with Crippen molar-refractivity contribution in [2.45, 2.75) is 24.0 Å². The van der Waals surface area contributed by atoms with Crippen molar-refractivity contribution in [3.05, 3.63) is 101 Å². The van der Waals surface area contributed by atoms with E-state index in [0.717, 1.165) is 22.0 Å². The van der Waals surface area contributed by atoms with E-state index in [2.05, 4.69) is 4.98 Å². The Morgan fingerprint density at radius 1 is 1.03 bits per heavy atom. The van der Waals surface area contributed by atoms with Crippen LogP contribution in [0, 0.1) is 6.92 Å². The fourth-order valence-corrected chi connectivity index (χ4v) is 4.84. The molecule has 3 aromatic carbocycles. The quantitative estimate of drug-likeness (QED) is 0.487. The van der Waals surface area contributed by atoms with E-state index in [0.29, 0.717) is 11.3 Å². The third kappa shape index (κ3) is 3.48. The summed E-state index contributed by atoms with van der Waals surface area (Å²) in [6.45, 7) is 2.23. The van der Waals surface area contributed by atoms with Gasteiger partial charge in [0.25, 0.3) is 5.91 Å². The second kappa shape index (κ2) is 7.48. The summed E-state index contributed by atoms with van der Waals surface area (Å²) in [5, 5.41) is 17.8. The molecule has 3 N–H and O–H groups in total. The number of carbonyl (C=O) groups excluding carboxylic acids is 1. The second-order valence-corrected chi connectivity index (χ2v) is 9.79.